The number of amides is 1. The van der Waals surface area contributed by atoms with E-state index in [1.54, 1.807) is 0 Å². The zero-order valence-corrected chi connectivity index (χ0v) is 12.4. The lowest BCUT2D eigenvalue weighted by Gasteiger charge is -2.22. The smallest absolute Gasteiger partial charge is 0.234 e. The normalized spacial score (nSPS) is 21.7. The largest absolute Gasteiger partial charge is 0.368 e. The molecule has 0 aromatic carbocycles. The number of carbonyl (C=O) groups excluding carboxylic acids is 1. The first-order valence-electron chi connectivity index (χ1n) is 6.90. The SMILES string of the molecule is CCCNC(CCN1CCCS(=O)(=O)CC1)C(N)=O. The quantitative estimate of drug-likeness (QED) is 0.650. The first kappa shape index (κ1) is 16.4. The molecule has 1 atom stereocenters. The second-order valence-electron chi connectivity index (χ2n) is 5.04. The van der Waals surface area contributed by atoms with Gasteiger partial charge in [0.1, 0.15) is 0 Å². The maximum absolute atomic E-state index is 11.5. The summed E-state index contributed by atoms with van der Waals surface area (Å²) >= 11 is 0. The lowest BCUT2D eigenvalue weighted by Crippen LogP contribution is -2.44. The summed E-state index contributed by atoms with van der Waals surface area (Å²) in [6, 6.07) is -0.320. The number of sulfone groups is 1. The maximum atomic E-state index is 11.5. The van der Waals surface area contributed by atoms with E-state index in [9.17, 15) is 13.2 Å². The highest BCUT2D eigenvalue weighted by atomic mass is 32.2. The van der Waals surface area contributed by atoms with Crippen LogP contribution in [0.4, 0.5) is 0 Å². The molecule has 19 heavy (non-hydrogen) atoms. The zero-order valence-electron chi connectivity index (χ0n) is 11.6. The number of nitrogens with two attached hydrogens (primary N) is 1. The van der Waals surface area contributed by atoms with Gasteiger partial charge in [-0.3, -0.25) is 4.79 Å². The molecule has 1 unspecified atom stereocenters. The topological polar surface area (TPSA) is 92.5 Å². The van der Waals surface area contributed by atoms with Gasteiger partial charge >= 0.3 is 0 Å². The van der Waals surface area contributed by atoms with Crippen LogP contribution < -0.4 is 11.1 Å². The number of carbonyl (C=O) groups is 1. The molecule has 1 amide bonds. The molecule has 7 heteroatoms. The van der Waals surface area contributed by atoms with Crippen LogP contribution in [0.2, 0.25) is 0 Å². The number of nitrogens with zero attached hydrogens (tertiary/aromatic N) is 1. The van der Waals surface area contributed by atoms with Crippen molar-refractivity contribution in [1.82, 2.24) is 10.2 Å². The Hall–Kier alpha value is -0.660. The van der Waals surface area contributed by atoms with E-state index in [4.69, 9.17) is 5.73 Å². The maximum Gasteiger partial charge on any atom is 0.234 e. The van der Waals surface area contributed by atoms with E-state index in [0.717, 1.165) is 19.5 Å². The molecular formula is C12H25N3O3S. The lowest BCUT2D eigenvalue weighted by molar-refractivity contribution is -0.120. The molecule has 0 aromatic rings. The van der Waals surface area contributed by atoms with E-state index in [2.05, 4.69) is 10.2 Å². The number of hydrogen-bond donors (Lipinski definition) is 2. The van der Waals surface area contributed by atoms with Crippen molar-refractivity contribution in [1.29, 1.82) is 0 Å². The van der Waals surface area contributed by atoms with Crippen LogP contribution in [-0.2, 0) is 14.6 Å². The van der Waals surface area contributed by atoms with Gasteiger partial charge in [-0.1, -0.05) is 6.92 Å². The lowest BCUT2D eigenvalue weighted by atomic mass is 10.1. The monoisotopic (exact) mass is 291 g/mol. The molecule has 1 heterocycles. The van der Waals surface area contributed by atoms with Gasteiger partial charge in [-0.05, 0) is 32.4 Å². The second kappa shape index (κ2) is 7.81. The van der Waals surface area contributed by atoms with Gasteiger partial charge in [0.05, 0.1) is 17.5 Å². The van der Waals surface area contributed by atoms with Crippen molar-refractivity contribution in [3.63, 3.8) is 0 Å². The van der Waals surface area contributed by atoms with Crippen LogP contribution in [0.15, 0.2) is 0 Å². The summed E-state index contributed by atoms with van der Waals surface area (Å²) in [5.74, 6) is 0.156. The van der Waals surface area contributed by atoms with Gasteiger partial charge in [-0.25, -0.2) is 8.42 Å². The van der Waals surface area contributed by atoms with Crippen molar-refractivity contribution in [3.8, 4) is 0 Å². The van der Waals surface area contributed by atoms with E-state index in [1.807, 2.05) is 6.92 Å². The van der Waals surface area contributed by atoms with E-state index < -0.39 is 9.84 Å². The summed E-state index contributed by atoms with van der Waals surface area (Å²) in [7, 11) is -2.87. The van der Waals surface area contributed by atoms with Gasteiger partial charge in [0.2, 0.25) is 5.91 Å². The molecule has 1 rings (SSSR count). The molecule has 0 aliphatic carbocycles. The Kier molecular flexibility index (Phi) is 6.74. The highest BCUT2D eigenvalue weighted by Gasteiger charge is 2.21. The predicted molar refractivity (Wildman–Crippen MR) is 75.6 cm³/mol. The second-order valence-corrected chi connectivity index (χ2v) is 7.35. The van der Waals surface area contributed by atoms with Crippen molar-refractivity contribution < 1.29 is 13.2 Å². The minimum atomic E-state index is -2.87. The van der Waals surface area contributed by atoms with Gasteiger partial charge in [-0.2, -0.15) is 0 Å². The highest BCUT2D eigenvalue weighted by molar-refractivity contribution is 7.91. The van der Waals surface area contributed by atoms with Gasteiger partial charge in [0.15, 0.2) is 9.84 Å². The summed E-state index contributed by atoms with van der Waals surface area (Å²) in [5, 5.41) is 3.12. The zero-order chi connectivity index (χ0) is 14.3. The van der Waals surface area contributed by atoms with Crippen molar-refractivity contribution in [2.75, 3.05) is 37.7 Å². The van der Waals surface area contributed by atoms with Crippen molar-refractivity contribution in [3.05, 3.63) is 0 Å². The van der Waals surface area contributed by atoms with Crippen molar-refractivity contribution in [2.45, 2.75) is 32.2 Å². The molecule has 1 aliphatic rings. The third-order valence-electron chi connectivity index (χ3n) is 3.37. The summed E-state index contributed by atoms with van der Waals surface area (Å²) in [6.45, 7) is 4.84. The minimum Gasteiger partial charge on any atom is -0.368 e. The summed E-state index contributed by atoms with van der Waals surface area (Å²) in [5.41, 5.74) is 5.35. The van der Waals surface area contributed by atoms with Gasteiger partial charge < -0.3 is 16.0 Å². The average molecular weight is 291 g/mol. The molecule has 0 spiro atoms. The Bertz CT molecular complexity index is 384. The number of rotatable bonds is 7. The Morgan fingerprint density at radius 1 is 1.37 bits per heavy atom. The third kappa shape index (κ3) is 6.35. The van der Waals surface area contributed by atoms with Crippen LogP contribution in [0, 0.1) is 0 Å². The molecule has 3 N–H and O–H groups in total. The number of primary amides is 1. The van der Waals surface area contributed by atoms with E-state index in [1.165, 1.54) is 0 Å². The summed E-state index contributed by atoms with van der Waals surface area (Å²) < 4.78 is 23.0. The fraction of sp³-hybridized carbons (Fsp3) is 0.917. The molecule has 1 aliphatic heterocycles. The molecule has 112 valence electrons. The highest BCUT2D eigenvalue weighted by Crippen LogP contribution is 2.06. The Balaban J connectivity index is 2.39. The van der Waals surface area contributed by atoms with E-state index in [0.29, 0.717) is 25.9 Å². The fourth-order valence-corrected chi connectivity index (χ4v) is 3.50. The van der Waals surface area contributed by atoms with Crippen molar-refractivity contribution in [2.24, 2.45) is 5.73 Å². The molecule has 0 radical (unpaired) electrons. The average Bonchev–Trinajstić information content (AvgIpc) is 2.50. The molecular weight excluding hydrogens is 266 g/mol. The molecule has 6 nitrogen and oxygen atoms in total. The van der Waals surface area contributed by atoms with Crippen LogP contribution in [0.25, 0.3) is 0 Å². The molecule has 1 fully saturated rings. The Morgan fingerprint density at radius 2 is 2.11 bits per heavy atom. The molecule has 0 saturated carbocycles. The summed E-state index contributed by atoms with van der Waals surface area (Å²) in [6.07, 6.45) is 2.26. The minimum absolute atomic E-state index is 0.219. The third-order valence-corrected chi connectivity index (χ3v) is 5.08. The van der Waals surface area contributed by atoms with Crippen LogP contribution in [0.5, 0.6) is 0 Å². The fourth-order valence-electron chi connectivity index (χ4n) is 2.19. The Labute approximate surface area is 115 Å². The summed E-state index contributed by atoms with van der Waals surface area (Å²) in [4.78, 5) is 13.4. The van der Waals surface area contributed by atoms with Crippen LogP contribution in [-0.4, -0.2) is 63.0 Å². The first-order chi connectivity index (χ1) is 8.94. The number of hydrogen-bond acceptors (Lipinski definition) is 5. The van der Waals surface area contributed by atoms with Crippen LogP contribution in [0.3, 0.4) is 0 Å². The number of nitrogens with one attached hydrogen (secondary N) is 1. The molecule has 0 aromatic heterocycles. The van der Waals surface area contributed by atoms with Crippen LogP contribution >= 0.6 is 0 Å². The van der Waals surface area contributed by atoms with Gasteiger partial charge in [-0.15, -0.1) is 0 Å². The van der Waals surface area contributed by atoms with Crippen LogP contribution in [0.1, 0.15) is 26.2 Å². The van der Waals surface area contributed by atoms with E-state index in [-0.39, 0.29) is 23.5 Å². The van der Waals surface area contributed by atoms with Crippen molar-refractivity contribution >= 4 is 15.7 Å². The first-order valence-corrected chi connectivity index (χ1v) is 8.72. The Morgan fingerprint density at radius 3 is 2.74 bits per heavy atom. The van der Waals surface area contributed by atoms with E-state index >= 15 is 0 Å². The molecule has 0 bridgehead atoms. The standard InChI is InChI=1S/C12H25N3O3S/c1-2-5-14-11(12(13)16)4-7-15-6-3-9-19(17,18)10-8-15/h11,14H,2-10H2,1H3,(H2,13,16). The molecule has 1 saturated heterocycles. The van der Waals surface area contributed by atoms with Gasteiger partial charge in [0, 0.05) is 13.1 Å². The van der Waals surface area contributed by atoms with Gasteiger partial charge in [0.25, 0.3) is 0 Å². The predicted octanol–water partition coefficient (Wildman–Crippen LogP) is -0.649.